The summed E-state index contributed by atoms with van der Waals surface area (Å²) in [4.78, 5) is 10.3. The SMILES string of the molecule is C=CC(=O)OCCCC.CCCS(=O)(=O)O. The van der Waals surface area contributed by atoms with E-state index in [0.717, 1.165) is 12.8 Å². The highest BCUT2D eigenvalue weighted by Crippen LogP contribution is 1.88. The number of unbranched alkanes of at least 4 members (excludes halogenated alkanes) is 1. The van der Waals surface area contributed by atoms with Gasteiger partial charge in [-0.1, -0.05) is 26.8 Å². The van der Waals surface area contributed by atoms with Gasteiger partial charge in [-0.2, -0.15) is 8.42 Å². The van der Waals surface area contributed by atoms with Gasteiger partial charge < -0.3 is 4.74 Å². The molecule has 0 aliphatic rings. The summed E-state index contributed by atoms with van der Waals surface area (Å²) in [5, 5.41) is 0. The summed E-state index contributed by atoms with van der Waals surface area (Å²) < 4.78 is 32.2. The zero-order valence-electron chi connectivity index (χ0n) is 9.81. The van der Waals surface area contributed by atoms with Crippen molar-refractivity contribution in [2.75, 3.05) is 12.4 Å². The van der Waals surface area contributed by atoms with Crippen LogP contribution in [-0.4, -0.2) is 31.3 Å². The van der Waals surface area contributed by atoms with Crippen LogP contribution in [0.15, 0.2) is 12.7 Å². The van der Waals surface area contributed by atoms with Gasteiger partial charge in [-0.3, -0.25) is 4.55 Å². The average Bonchev–Trinajstić information content (AvgIpc) is 2.17. The van der Waals surface area contributed by atoms with Gasteiger partial charge in [0.25, 0.3) is 10.1 Å². The maximum atomic E-state index is 10.3. The number of ether oxygens (including phenoxy) is 1. The Labute approximate surface area is 97.2 Å². The first-order valence-corrected chi connectivity index (χ1v) is 6.72. The minimum Gasteiger partial charge on any atom is -0.463 e. The summed E-state index contributed by atoms with van der Waals surface area (Å²) in [6.45, 7) is 7.51. The van der Waals surface area contributed by atoms with Gasteiger partial charge in [0.15, 0.2) is 0 Å². The summed E-state index contributed by atoms with van der Waals surface area (Å²) in [6.07, 6.45) is 3.62. The minimum atomic E-state index is -3.67. The highest BCUT2D eigenvalue weighted by molar-refractivity contribution is 7.85. The van der Waals surface area contributed by atoms with Crippen molar-refractivity contribution in [2.24, 2.45) is 0 Å². The normalized spacial score (nSPS) is 9.94. The van der Waals surface area contributed by atoms with Crippen LogP contribution in [0.3, 0.4) is 0 Å². The molecule has 0 amide bonds. The molecule has 0 aliphatic carbocycles. The molecular formula is C10H20O5S. The lowest BCUT2D eigenvalue weighted by Gasteiger charge is -1.97. The van der Waals surface area contributed by atoms with Crippen molar-refractivity contribution in [3.63, 3.8) is 0 Å². The van der Waals surface area contributed by atoms with Crippen LogP contribution in [-0.2, 0) is 19.6 Å². The molecule has 6 heteroatoms. The Morgan fingerprint density at radius 2 is 1.94 bits per heavy atom. The van der Waals surface area contributed by atoms with E-state index < -0.39 is 10.1 Å². The van der Waals surface area contributed by atoms with Crippen LogP contribution in [0.4, 0.5) is 0 Å². The molecular weight excluding hydrogens is 232 g/mol. The fraction of sp³-hybridized carbons (Fsp3) is 0.700. The fourth-order valence-corrected chi connectivity index (χ4v) is 1.15. The number of carbonyl (C=O) groups excluding carboxylic acids is 1. The van der Waals surface area contributed by atoms with Crippen LogP contribution in [0, 0.1) is 0 Å². The molecule has 0 radical (unpaired) electrons. The molecule has 0 aromatic rings. The number of hydrogen-bond donors (Lipinski definition) is 1. The Bertz CT molecular complexity index is 282. The van der Waals surface area contributed by atoms with E-state index in [1.54, 1.807) is 6.92 Å². The second kappa shape index (κ2) is 10.6. The second-order valence-electron chi connectivity index (χ2n) is 3.01. The Balaban J connectivity index is 0. The third-order valence-electron chi connectivity index (χ3n) is 1.37. The molecule has 0 heterocycles. The van der Waals surface area contributed by atoms with Crippen LogP contribution >= 0.6 is 0 Å². The number of hydrogen-bond acceptors (Lipinski definition) is 4. The molecule has 0 aliphatic heterocycles. The number of esters is 1. The molecule has 0 rings (SSSR count). The summed E-state index contributed by atoms with van der Waals surface area (Å²) >= 11 is 0. The van der Waals surface area contributed by atoms with E-state index in [1.807, 2.05) is 6.92 Å². The van der Waals surface area contributed by atoms with E-state index in [4.69, 9.17) is 4.55 Å². The van der Waals surface area contributed by atoms with Gasteiger partial charge in [-0.05, 0) is 12.8 Å². The summed E-state index contributed by atoms with van der Waals surface area (Å²) in [5.74, 6) is -0.462. The van der Waals surface area contributed by atoms with Crippen LogP contribution in [0.25, 0.3) is 0 Å². The standard InChI is InChI=1S/C7H12O2.C3H8O3S/c1-3-5-6-9-7(8)4-2;1-2-3-7(4,5)6/h4H,2-3,5-6H2,1H3;2-3H2,1H3,(H,4,5,6). The quantitative estimate of drug-likeness (QED) is 0.337. The van der Waals surface area contributed by atoms with Crippen LogP contribution in [0.5, 0.6) is 0 Å². The van der Waals surface area contributed by atoms with Gasteiger partial charge in [0, 0.05) is 6.08 Å². The van der Waals surface area contributed by atoms with Crippen LogP contribution < -0.4 is 0 Å². The first kappa shape index (κ1) is 17.5. The average molecular weight is 252 g/mol. The Kier molecular flexibility index (Phi) is 11.6. The molecule has 5 nitrogen and oxygen atoms in total. The van der Waals surface area contributed by atoms with Crippen molar-refractivity contribution in [3.05, 3.63) is 12.7 Å². The van der Waals surface area contributed by atoms with E-state index >= 15 is 0 Å². The lowest BCUT2D eigenvalue weighted by molar-refractivity contribution is -0.137. The Morgan fingerprint density at radius 1 is 1.38 bits per heavy atom. The van der Waals surface area contributed by atoms with Crippen molar-refractivity contribution in [2.45, 2.75) is 33.1 Å². The third-order valence-corrected chi connectivity index (χ3v) is 2.30. The third kappa shape index (κ3) is 18.8. The molecule has 0 saturated heterocycles. The van der Waals surface area contributed by atoms with E-state index in [0.29, 0.717) is 13.0 Å². The lowest BCUT2D eigenvalue weighted by atomic mass is 10.4. The predicted octanol–water partition coefficient (Wildman–Crippen LogP) is 1.80. The first-order chi connectivity index (χ1) is 7.37. The van der Waals surface area contributed by atoms with Gasteiger partial charge >= 0.3 is 5.97 Å². The van der Waals surface area contributed by atoms with Crippen molar-refractivity contribution >= 4 is 16.1 Å². The van der Waals surface area contributed by atoms with Crippen LogP contribution in [0.2, 0.25) is 0 Å². The monoisotopic (exact) mass is 252 g/mol. The molecule has 96 valence electrons. The fourth-order valence-electron chi connectivity index (χ4n) is 0.634. The second-order valence-corrected chi connectivity index (χ2v) is 4.58. The van der Waals surface area contributed by atoms with Gasteiger partial charge in [0.05, 0.1) is 12.4 Å². The largest absolute Gasteiger partial charge is 0.463 e. The molecule has 16 heavy (non-hydrogen) atoms. The highest BCUT2D eigenvalue weighted by Gasteiger charge is 1.98. The van der Waals surface area contributed by atoms with Crippen molar-refractivity contribution in [3.8, 4) is 0 Å². The van der Waals surface area contributed by atoms with Gasteiger partial charge in [-0.25, -0.2) is 4.79 Å². The summed E-state index contributed by atoms with van der Waals surface area (Å²) in [7, 11) is -3.67. The van der Waals surface area contributed by atoms with Crippen LogP contribution in [0.1, 0.15) is 33.1 Å². The Morgan fingerprint density at radius 3 is 2.19 bits per heavy atom. The van der Waals surface area contributed by atoms with Crippen molar-refractivity contribution in [1.29, 1.82) is 0 Å². The van der Waals surface area contributed by atoms with E-state index in [1.165, 1.54) is 6.08 Å². The van der Waals surface area contributed by atoms with Crippen molar-refractivity contribution < 1.29 is 22.5 Å². The van der Waals surface area contributed by atoms with E-state index in [2.05, 4.69) is 11.3 Å². The smallest absolute Gasteiger partial charge is 0.330 e. The van der Waals surface area contributed by atoms with Crippen molar-refractivity contribution in [1.82, 2.24) is 0 Å². The van der Waals surface area contributed by atoms with Gasteiger partial charge in [0.1, 0.15) is 0 Å². The highest BCUT2D eigenvalue weighted by atomic mass is 32.2. The molecule has 0 saturated carbocycles. The lowest BCUT2D eigenvalue weighted by Crippen LogP contribution is -2.01. The molecule has 0 atom stereocenters. The molecule has 0 bridgehead atoms. The zero-order chi connectivity index (χ0) is 13.0. The Hall–Kier alpha value is -0.880. The maximum absolute atomic E-state index is 10.3. The molecule has 0 aromatic heterocycles. The zero-order valence-corrected chi connectivity index (χ0v) is 10.6. The van der Waals surface area contributed by atoms with E-state index in [9.17, 15) is 13.2 Å². The summed E-state index contributed by atoms with van der Waals surface area (Å²) in [6, 6.07) is 0. The molecule has 1 N–H and O–H groups in total. The minimum absolute atomic E-state index is 0.132. The van der Waals surface area contributed by atoms with Gasteiger partial charge in [0.2, 0.25) is 0 Å². The number of carbonyl (C=O) groups is 1. The van der Waals surface area contributed by atoms with Gasteiger partial charge in [-0.15, -0.1) is 0 Å². The molecule has 0 unspecified atom stereocenters. The molecule has 0 aromatic carbocycles. The number of rotatable bonds is 6. The maximum Gasteiger partial charge on any atom is 0.330 e. The van der Waals surface area contributed by atoms with E-state index in [-0.39, 0.29) is 11.7 Å². The summed E-state index contributed by atoms with van der Waals surface area (Å²) in [5.41, 5.74) is 0. The predicted molar refractivity (Wildman–Crippen MR) is 62.8 cm³/mol. The molecule has 0 spiro atoms. The topological polar surface area (TPSA) is 80.7 Å². The first-order valence-electron chi connectivity index (χ1n) is 5.11. The molecule has 0 fully saturated rings.